The van der Waals surface area contributed by atoms with Gasteiger partial charge in [0.15, 0.2) is 12.1 Å². The van der Waals surface area contributed by atoms with Crippen LogP contribution in [0.4, 0.5) is 5.69 Å². The molecule has 0 unspecified atom stereocenters. The standard InChI is InChI=1S/C28H22BrN3O6S3/c1-2-30-19-14-17(29)12-13-21(19)40-22(30)11-7-6-10-20-25(35)32(16-37-18-8-4-3-5-9-18)27(38-20)24-26(36)31(15-23(33)34)28(39)41-24/h3-14H,2,15-16H2,1H3,(H,33,34)/b7-6+,20-10-,22-11+,27-24-. The molecule has 0 saturated carbocycles. The topological polar surface area (TPSA) is 105 Å². The van der Waals surface area contributed by atoms with E-state index in [1.807, 2.05) is 24.3 Å². The number of fused-ring (bicyclic) bond motifs is 1. The number of carboxylic acids is 1. The highest BCUT2D eigenvalue weighted by atomic mass is 79.9. The summed E-state index contributed by atoms with van der Waals surface area (Å²) in [7, 11) is 0. The quantitative estimate of drug-likeness (QED) is 0.352. The molecule has 1 amide bonds. The second-order valence-corrected chi connectivity index (χ2v) is 12.2. The monoisotopic (exact) mass is 671 g/mol. The first-order valence-electron chi connectivity index (χ1n) is 12.3. The molecular formula is C28H22BrN3O6S3. The number of nitrogens with zero attached hydrogens (tertiary/aromatic N) is 3. The molecule has 2 aliphatic heterocycles. The Morgan fingerprint density at radius 2 is 1.85 bits per heavy atom. The average molecular weight is 673 g/mol. The molecule has 1 aromatic heterocycles. The molecule has 2 aliphatic rings. The Morgan fingerprint density at radius 1 is 1.10 bits per heavy atom. The number of allylic oxidation sites excluding steroid dienone is 3. The van der Waals surface area contributed by atoms with Crippen LogP contribution in [0.3, 0.4) is 0 Å². The molecule has 1 N–H and O–H groups in total. The highest BCUT2D eigenvalue weighted by Gasteiger charge is 2.36. The lowest BCUT2D eigenvalue weighted by Crippen LogP contribution is -2.36. The van der Waals surface area contributed by atoms with Crippen molar-refractivity contribution in [2.75, 3.05) is 18.0 Å². The lowest BCUT2D eigenvalue weighted by molar-refractivity contribution is -0.140. The minimum Gasteiger partial charge on any atom is -0.480 e. The lowest BCUT2D eigenvalue weighted by atomic mass is 10.3. The van der Waals surface area contributed by atoms with E-state index in [9.17, 15) is 19.5 Å². The Hall–Kier alpha value is -3.52. The SMILES string of the molecule is CCN1\C(=C/C=C/C=c2\o/c(=C3\SC(=S)N(CC(=O)O)C3=O)n(COc3ccccc3)c2=O)Sc2ccc(Br)cc21. The van der Waals surface area contributed by atoms with Gasteiger partial charge in [-0.1, -0.05) is 70.3 Å². The smallest absolute Gasteiger partial charge is 0.323 e. The third-order valence-corrected chi connectivity index (χ3v) is 9.00. The molecule has 5 rings (SSSR count). The molecule has 2 aromatic carbocycles. The zero-order valence-electron chi connectivity index (χ0n) is 21.5. The number of amides is 1. The number of oxazole rings is 1. The summed E-state index contributed by atoms with van der Waals surface area (Å²) in [5.41, 5.74) is 0.532. The number of aliphatic carboxylic acids is 1. The van der Waals surface area contributed by atoms with E-state index in [1.54, 1.807) is 42.1 Å². The number of aromatic nitrogens is 1. The molecule has 3 aromatic rings. The summed E-state index contributed by atoms with van der Waals surface area (Å²) < 4.78 is 13.9. The van der Waals surface area contributed by atoms with Crippen LogP contribution in [-0.4, -0.2) is 43.9 Å². The number of hydrogen-bond acceptors (Lipinski definition) is 9. The minimum absolute atomic E-state index is 0.0145. The van der Waals surface area contributed by atoms with Gasteiger partial charge in [0.25, 0.3) is 11.5 Å². The number of para-hydroxylation sites is 1. The van der Waals surface area contributed by atoms with Gasteiger partial charge in [-0.15, -0.1) is 0 Å². The van der Waals surface area contributed by atoms with Crippen LogP contribution in [0.1, 0.15) is 6.92 Å². The van der Waals surface area contributed by atoms with Crippen molar-refractivity contribution in [2.45, 2.75) is 18.6 Å². The maximum atomic E-state index is 13.4. The first-order valence-corrected chi connectivity index (χ1v) is 15.1. The molecule has 1 fully saturated rings. The average Bonchev–Trinajstić information content (AvgIpc) is 3.56. The second kappa shape index (κ2) is 12.6. The first kappa shape index (κ1) is 29.0. The van der Waals surface area contributed by atoms with Crippen LogP contribution in [0.2, 0.25) is 0 Å². The van der Waals surface area contributed by atoms with Crippen LogP contribution < -0.4 is 26.2 Å². The van der Waals surface area contributed by atoms with Crippen LogP contribution in [-0.2, 0) is 16.3 Å². The molecule has 0 radical (unpaired) electrons. The third kappa shape index (κ3) is 6.22. The van der Waals surface area contributed by atoms with Gasteiger partial charge in [0, 0.05) is 15.9 Å². The zero-order chi connectivity index (χ0) is 29.1. The fraction of sp³-hybridized carbons (Fsp3) is 0.143. The lowest BCUT2D eigenvalue weighted by Gasteiger charge is -2.17. The molecule has 13 heteroatoms. The van der Waals surface area contributed by atoms with E-state index in [4.69, 9.17) is 21.4 Å². The van der Waals surface area contributed by atoms with Crippen molar-refractivity contribution in [1.29, 1.82) is 0 Å². The fourth-order valence-electron chi connectivity index (χ4n) is 4.08. The van der Waals surface area contributed by atoms with Crippen LogP contribution in [0, 0.1) is 0 Å². The highest BCUT2D eigenvalue weighted by molar-refractivity contribution is 9.10. The number of benzene rings is 2. The number of halogens is 1. The third-order valence-electron chi connectivity index (χ3n) is 5.95. The molecule has 0 bridgehead atoms. The Labute approximate surface area is 256 Å². The number of carboxylic acid groups (broad SMARTS) is 1. The number of carbonyl (C=O) groups is 2. The van der Waals surface area contributed by atoms with Gasteiger partial charge < -0.3 is 19.2 Å². The summed E-state index contributed by atoms with van der Waals surface area (Å²) >= 11 is 11.3. The van der Waals surface area contributed by atoms with E-state index in [1.165, 1.54) is 10.6 Å². The number of hydrogen-bond donors (Lipinski definition) is 1. The molecule has 1 saturated heterocycles. The maximum absolute atomic E-state index is 13.4. The van der Waals surface area contributed by atoms with Gasteiger partial charge in [0.05, 0.1) is 10.7 Å². The molecule has 9 nitrogen and oxygen atoms in total. The second-order valence-electron chi connectivity index (χ2n) is 8.59. The number of thiocarbonyl (C=S) groups is 1. The predicted molar refractivity (Wildman–Crippen MR) is 167 cm³/mol. The van der Waals surface area contributed by atoms with E-state index < -0.39 is 24.0 Å². The van der Waals surface area contributed by atoms with E-state index >= 15 is 0 Å². The summed E-state index contributed by atoms with van der Waals surface area (Å²) in [6.07, 6.45) is 6.96. The number of anilines is 1. The molecule has 41 heavy (non-hydrogen) atoms. The van der Waals surface area contributed by atoms with Gasteiger partial charge in [-0.2, -0.15) is 0 Å². The highest BCUT2D eigenvalue weighted by Crippen LogP contribution is 2.46. The van der Waals surface area contributed by atoms with Crippen LogP contribution in [0.5, 0.6) is 5.75 Å². The largest absolute Gasteiger partial charge is 0.480 e. The summed E-state index contributed by atoms with van der Waals surface area (Å²) in [6.45, 7) is 2.04. The van der Waals surface area contributed by atoms with E-state index in [2.05, 4.69) is 39.9 Å². The van der Waals surface area contributed by atoms with Gasteiger partial charge in [-0.25, -0.2) is 4.57 Å². The number of carbonyl (C=O) groups excluding carboxylic acids is 1. The van der Waals surface area contributed by atoms with Gasteiger partial charge in [-0.05, 0) is 61.2 Å². The summed E-state index contributed by atoms with van der Waals surface area (Å²) in [6, 6.07) is 15.0. The van der Waals surface area contributed by atoms with Crippen molar-refractivity contribution in [3.63, 3.8) is 0 Å². The Bertz CT molecular complexity index is 1780. The van der Waals surface area contributed by atoms with Crippen molar-refractivity contribution in [3.8, 4) is 5.75 Å². The zero-order valence-corrected chi connectivity index (χ0v) is 25.5. The van der Waals surface area contributed by atoms with Gasteiger partial charge >= 0.3 is 5.97 Å². The van der Waals surface area contributed by atoms with Gasteiger partial charge in [0.2, 0.25) is 5.55 Å². The van der Waals surface area contributed by atoms with Gasteiger partial charge in [0.1, 0.15) is 21.5 Å². The van der Waals surface area contributed by atoms with Crippen molar-refractivity contribution < 1.29 is 23.8 Å². The summed E-state index contributed by atoms with van der Waals surface area (Å²) in [5, 5.41) is 10.2. The normalized spacial score (nSPS) is 17.8. The fourth-order valence-corrected chi connectivity index (χ4v) is 6.81. The molecule has 0 spiro atoms. The molecule has 210 valence electrons. The van der Waals surface area contributed by atoms with E-state index in [0.717, 1.165) is 43.3 Å². The van der Waals surface area contributed by atoms with Crippen molar-refractivity contribution in [1.82, 2.24) is 9.47 Å². The van der Waals surface area contributed by atoms with Crippen molar-refractivity contribution >= 4 is 84.5 Å². The van der Waals surface area contributed by atoms with Crippen molar-refractivity contribution in [2.24, 2.45) is 0 Å². The van der Waals surface area contributed by atoms with E-state index in [0.29, 0.717) is 5.75 Å². The van der Waals surface area contributed by atoms with Crippen LogP contribution in [0.25, 0.3) is 11.0 Å². The van der Waals surface area contributed by atoms with Crippen molar-refractivity contribution in [3.05, 3.63) is 97.6 Å². The molecule has 0 aliphatic carbocycles. The Kier molecular flexibility index (Phi) is 8.88. The molecular weight excluding hydrogens is 650 g/mol. The minimum atomic E-state index is -1.21. The number of rotatable bonds is 8. The molecule has 0 atom stereocenters. The summed E-state index contributed by atoms with van der Waals surface area (Å²) in [4.78, 5) is 42.0. The number of ether oxygens (including phenoxy) is 1. The Morgan fingerprint density at radius 3 is 2.59 bits per heavy atom. The first-order chi connectivity index (χ1) is 19.8. The van der Waals surface area contributed by atoms with Gasteiger partial charge in [-0.3, -0.25) is 19.3 Å². The predicted octanol–water partition coefficient (Wildman–Crippen LogP) is 4.10. The summed E-state index contributed by atoms with van der Waals surface area (Å²) in [5.74, 6) is -1.34. The van der Waals surface area contributed by atoms with E-state index in [-0.39, 0.29) is 26.9 Å². The molecule has 3 heterocycles. The van der Waals surface area contributed by atoms with Crippen LogP contribution >= 0.6 is 51.7 Å². The number of thioether (sulfide) groups is 2. The maximum Gasteiger partial charge on any atom is 0.323 e. The Balaban J connectivity index is 1.50. The van der Waals surface area contributed by atoms with Crippen LogP contribution in [0.15, 0.2) is 90.4 Å².